The van der Waals surface area contributed by atoms with E-state index in [4.69, 9.17) is 4.74 Å². The first-order chi connectivity index (χ1) is 12.8. The SMILES string of the molecule is CC(C)(COCC(=O)Nc1ccc(F)cc1)N1C(=O)c2ccccc2C1=O. The number of rotatable bonds is 6. The van der Waals surface area contributed by atoms with Crippen LogP contribution in [-0.2, 0) is 9.53 Å². The summed E-state index contributed by atoms with van der Waals surface area (Å²) < 4.78 is 18.3. The van der Waals surface area contributed by atoms with Gasteiger partial charge >= 0.3 is 0 Å². The van der Waals surface area contributed by atoms with Crippen molar-refractivity contribution in [2.24, 2.45) is 0 Å². The van der Waals surface area contributed by atoms with Gasteiger partial charge in [0.15, 0.2) is 0 Å². The van der Waals surface area contributed by atoms with Crippen molar-refractivity contribution in [1.82, 2.24) is 4.90 Å². The molecule has 3 amide bonds. The fraction of sp³-hybridized carbons (Fsp3) is 0.250. The lowest BCUT2D eigenvalue weighted by Gasteiger charge is -2.33. The number of fused-ring (bicyclic) bond motifs is 1. The van der Waals surface area contributed by atoms with Crippen molar-refractivity contribution in [2.45, 2.75) is 19.4 Å². The molecule has 0 saturated heterocycles. The highest BCUT2D eigenvalue weighted by molar-refractivity contribution is 6.21. The molecule has 2 aromatic carbocycles. The van der Waals surface area contributed by atoms with Crippen LogP contribution in [0.2, 0.25) is 0 Å². The second kappa shape index (κ2) is 7.28. The second-order valence-electron chi connectivity index (χ2n) is 6.85. The van der Waals surface area contributed by atoms with Crippen molar-refractivity contribution >= 4 is 23.4 Å². The smallest absolute Gasteiger partial charge is 0.262 e. The van der Waals surface area contributed by atoms with Crippen molar-refractivity contribution in [3.05, 3.63) is 65.5 Å². The van der Waals surface area contributed by atoms with Crippen LogP contribution in [0.5, 0.6) is 0 Å². The summed E-state index contributed by atoms with van der Waals surface area (Å²) in [6, 6.07) is 12.0. The number of carbonyl (C=O) groups excluding carboxylic acids is 3. The largest absolute Gasteiger partial charge is 0.369 e. The Kier molecular flexibility index (Phi) is 5.05. The van der Waals surface area contributed by atoms with E-state index < -0.39 is 17.3 Å². The molecule has 1 N–H and O–H groups in total. The lowest BCUT2D eigenvalue weighted by Crippen LogP contribution is -2.50. The van der Waals surface area contributed by atoms with Gasteiger partial charge in [-0.1, -0.05) is 12.1 Å². The first kappa shape index (κ1) is 18.7. The van der Waals surface area contributed by atoms with Crippen LogP contribution in [0.25, 0.3) is 0 Å². The van der Waals surface area contributed by atoms with Crippen LogP contribution in [-0.4, -0.2) is 41.4 Å². The summed E-state index contributed by atoms with van der Waals surface area (Å²) in [6.45, 7) is 3.14. The maximum atomic E-state index is 12.9. The molecule has 27 heavy (non-hydrogen) atoms. The average molecular weight is 370 g/mol. The molecule has 1 aliphatic heterocycles. The number of hydrogen-bond donors (Lipinski definition) is 1. The van der Waals surface area contributed by atoms with Gasteiger partial charge in [0.05, 0.1) is 23.3 Å². The fourth-order valence-corrected chi connectivity index (χ4v) is 2.93. The lowest BCUT2D eigenvalue weighted by atomic mass is 10.0. The molecule has 0 saturated carbocycles. The number of carbonyl (C=O) groups is 3. The van der Waals surface area contributed by atoms with Crippen LogP contribution in [0.3, 0.4) is 0 Å². The summed E-state index contributed by atoms with van der Waals surface area (Å²) in [5.41, 5.74) is 0.252. The Labute approximate surface area is 155 Å². The summed E-state index contributed by atoms with van der Waals surface area (Å²) in [5, 5.41) is 2.58. The van der Waals surface area contributed by atoms with E-state index >= 15 is 0 Å². The van der Waals surface area contributed by atoms with Crippen molar-refractivity contribution < 1.29 is 23.5 Å². The lowest BCUT2D eigenvalue weighted by molar-refractivity contribution is -0.121. The van der Waals surface area contributed by atoms with Gasteiger partial charge in [-0.2, -0.15) is 0 Å². The highest BCUT2D eigenvalue weighted by Crippen LogP contribution is 2.29. The minimum absolute atomic E-state index is 0.00466. The number of benzene rings is 2. The van der Waals surface area contributed by atoms with E-state index in [9.17, 15) is 18.8 Å². The Morgan fingerprint density at radius 3 is 2.15 bits per heavy atom. The Hall–Kier alpha value is -3.06. The molecule has 0 fully saturated rings. The van der Waals surface area contributed by atoms with Crippen LogP contribution in [0.1, 0.15) is 34.6 Å². The van der Waals surface area contributed by atoms with Crippen LogP contribution in [0.4, 0.5) is 10.1 Å². The molecular weight excluding hydrogens is 351 g/mol. The van der Waals surface area contributed by atoms with Crippen molar-refractivity contribution in [1.29, 1.82) is 0 Å². The van der Waals surface area contributed by atoms with E-state index in [-0.39, 0.29) is 25.0 Å². The number of amides is 3. The van der Waals surface area contributed by atoms with E-state index in [1.165, 1.54) is 24.3 Å². The summed E-state index contributed by atoms with van der Waals surface area (Å²) in [7, 11) is 0. The number of anilines is 1. The standard InChI is InChI=1S/C20H19FN2O4/c1-20(2,23-18(25)15-5-3-4-6-16(15)19(23)26)12-27-11-17(24)22-14-9-7-13(21)8-10-14/h3-10H,11-12H2,1-2H3,(H,22,24). The van der Waals surface area contributed by atoms with E-state index in [1.54, 1.807) is 38.1 Å². The molecule has 0 aromatic heterocycles. The molecule has 0 radical (unpaired) electrons. The molecule has 1 aliphatic rings. The summed E-state index contributed by atoms with van der Waals surface area (Å²) in [6.07, 6.45) is 0. The molecule has 7 heteroatoms. The Morgan fingerprint density at radius 1 is 1.04 bits per heavy atom. The van der Waals surface area contributed by atoms with Gasteiger partial charge in [-0.05, 0) is 50.2 Å². The third-order valence-electron chi connectivity index (χ3n) is 4.22. The molecule has 0 unspecified atom stereocenters. The zero-order valence-corrected chi connectivity index (χ0v) is 15.0. The molecular formula is C20H19FN2O4. The minimum Gasteiger partial charge on any atom is -0.369 e. The van der Waals surface area contributed by atoms with E-state index in [1.807, 2.05) is 0 Å². The molecule has 140 valence electrons. The summed E-state index contributed by atoms with van der Waals surface area (Å²) in [4.78, 5) is 38.2. The first-order valence-electron chi connectivity index (χ1n) is 8.41. The van der Waals surface area contributed by atoms with Crippen molar-refractivity contribution in [3.8, 4) is 0 Å². The fourth-order valence-electron chi connectivity index (χ4n) is 2.93. The maximum Gasteiger partial charge on any atom is 0.262 e. The Bertz CT molecular complexity index is 858. The van der Waals surface area contributed by atoms with Gasteiger partial charge < -0.3 is 10.1 Å². The van der Waals surface area contributed by atoms with Crippen LogP contribution in [0.15, 0.2) is 48.5 Å². The molecule has 0 aliphatic carbocycles. The quantitative estimate of drug-likeness (QED) is 0.794. The highest BCUT2D eigenvalue weighted by Gasteiger charge is 2.44. The predicted octanol–water partition coefficient (Wildman–Crippen LogP) is 2.86. The summed E-state index contributed by atoms with van der Waals surface area (Å²) in [5.74, 6) is -1.56. The monoisotopic (exact) mass is 370 g/mol. The predicted molar refractivity (Wildman–Crippen MR) is 96.9 cm³/mol. The van der Waals surface area contributed by atoms with Gasteiger partial charge in [0, 0.05) is 5.69 Å². The summed E-state index contributed by atoms with van der Waals surface area (Å²) >= 11 is 0. The molecule has 0 spiro atoms. The third kappa shape index (κ3) is 3.88. The van der Waals surface area contributed by atoms with Gasteiger partial charge in [-0.25, -0.2) is 4.39 Å². The maximum absolute atomic E-state index is 12.9. The number of halogens is 1. The van der Waals surface area contributed by atoms with Gasteiger partial charge in [-0.15, -0.1) is 0 Å². The van der Waals surface area contributed by atoms with Gasteiger partial charge in [-0.3, -0.25) is 19.3 Å². The molecule has 0 atom stereocenters. The third-order valence-corrected chi connectivity index (χ3v) is 4.22. The normalized spacial score (nSPS) is 13.7. The van der Waals surface area contributed by atoms with E-state index in [2.05, 4.69) is 5.32 Å². The highest BCUT2D eigenvalue weighted by atomic mass is 19.1. The second-order valence-corrected chi connectivity index (χ2v) is 6.85. The number of nitrogens with one attached hydrogen (secondary N) is 1. The number of hydrogen-bond acceptors (Lipinski definition) is 4. The molecule has 0 bridgehead atoms. The van der Waals surface area contributed by atoms with E-state index in [0.29, 0.717) is 16.8 Å². The van der Waals surface area contributed by atoms with Gasteiger partial charge in [0.2, 0.25) is 5.91 Å². The Balaban J connectivity index is 1.57. The molecule has 6 nitrogen and oxygen atoms in total. The van der Waals surface area contributed by atoms with E-state index in [0.717, 1.165) is 4.90 Å². The average Bonchev–Trinajstić information content (AvgIpc) is 2.89. The Morgan fingerprint density at radius 2 is 1.59 bits per heavy atom. The topological polar surface area (TPSA) is 75.7 Å². The van der Waals surface area contributed by atoms with Crippen molar-refractivity contribution in [2.75, 3.05) is 18.5 Å². The zero-order chi connectivity index (χ0) is 19.6. The van der Waals surface area contributed by atoms with Crippen LogP contribution < -0.4 is 5.32 Å². The number of ether oxygens (including phenoxy) is 1. The van der Waals surface area contributed by atoms with Crippen LogP contribution >= 0.6 is 0 Å². The zero-order valence-electron chi connectivity index (χ0n) is 15.0. The van der Waals surface area contributed by atoms with Gasteiger partial charge in [0.1, 0.15) is 12.4 Å². The van der Waals surface area contributed by atoms with Crippen molar-refractivity contribution in [3.63, 3.8) is 0 Å². The number of imide groups is 1. The first-order valence-corrected chi connectivity index (χ1v) is 8.41. The molecule has 3 rings (SSSR count). The molecule has 2 aromatic rings. The minimum atomic E-state index is -0.927. The van der Waals surface area contributed by atoms with Crippen LogP contribution in [0, 0.1) is 5.82 Å². The molecule has 1 heterocycles. The number of nitrogens with zero attached hydrogens (tertiary/aromatic N) is 1. The van der Waals surface area contributed by atoms with Gasteiger partial charge in [0.25, 0.3) is 11.8 Å².